The minimum atomic E-state index is -0.254. The number of carbonyl (C=O) groups excluding carboxylic acids is 2. The van der Waals surface area contributed by atoms with Gasteiger partial charge in [0.15, 0.2) is 17.3 Å². The number of aryl methyl sites for hydroxylation is 1. The van der Waals surface area contributed by atoms with Gasteiger partial charge < -0.3 is 24.2 Å². The maximum absolute atomic E-state index is 12.0. The van der Waals surface area contributed by atoms with Crippen molar-refractivity contribution in [2.75, 3.05) is 23.6 Å². The highest BCUT2D eigenvalue weighted by Gasteiger charge is 2.19. The Kier molecular flexibility index (Phi) is 4.37. The van der Waals surface area contributed by atoms with Crippen molar-refractivity contribution in [2.45, 2.75) is 20.3 Å². The first-order valence-electron chi connectivity index (χ1n) is 7.44. The van der Waals surface area contributed by atoms with Gasteiger partial charge in [-0.25, -0.2) is 0 Å². The number of aromatic nitrogens is 1. The normalized spacial score (nSPS) is 12.1. The summed E-state index contributed by atoms with van der Waals surface area (Å²) in [5.41, 5.74) is 0.650. The van der Waals surface area contributed by atoms with Gasteiger partial charge in [0.25, 0.3) is 0 Å². The van der Waals surface area contributed by atoms with E-state index in [0.29, 0.717) is 28.8 Å². The molecule has 1 N–H and O–H groups in total. The van der Waals surface area contributed by atoms with E-state index >= 15 is 0 Å². The molecule has 1 aliphatic heterocycles. The maximum Gasteiger partial charge on any atom is 0.231 e. The quantitative estimate of drug-likeness (QED) is 0.901. The van der Waals surface area contributed by atoms with Crippen LogP contribution in [0.2, 0.25) is 0 Å². The van der Waals surface area contributed by atoms with E-state index in [4.69, 9.17) is 14.0 Å². The largest absolute Gasteiger partial charge is 0.454 e. The number of amides is 2. The molecule has 8 nitrogen and oxygen atoms in total. The van der Waals surface area contributed by atoms with E-state index in [0.717, 1.165) is 0 Å². The molecule has 2 amide bonds. The zero-order chi connectivity index (χ0) is 17.1. The smallest absolute Gasteiger partial charge is 0.231 e. The zero-order valence-corrected chi connectivity index (χ0v) is 13.4. The lowest BCUT2D eigenvalue weighted by Gasteiger charge is -2.21. The Morgan fingerprint density at radius 3 is 2.75 bits per heavy atom. The minimum absolute atomic E-state index is 0.125. The average Bonchev–Trinajstić information content (AvgIpc) is 3.15. The Labute approximate surface area is 138 Å². The molecular formula is C16H17N3O5. The summed E-state index contributed by atoms with van der Waals surface area (Å²) in [6.07, 6.45) is 0.125. The minimum Gasteiger partial charge on any atom is -0.454 e. The predicted molar refractivity (Wildman–Crippen MR) is 85.1 cm³/mol. The summed E-state index contributed by atoms with van der Waals surface area (Å²) in [5.74, 6) is 1.77. The molecule has 0 radical (unpaired) electrons. The highest BCUT2D eigenvalue weighted by atomic mass is 16.7. The number of rotatable bonds is 5. The summed E-state index contributed by atoms with van der Waals surface area (Å²) in [4.78, 5) is 25.4. The monoisotopic (exact) mass is 331 g/mol. The number of anilines is 2. The van der Waals surface area contributed by atoms with Crippen LogP contribution in [0.3, 0.4) is 0 Å². The number of hydrogen-bond acceptors (Lipinski definition) is 6. The molecule has 0 saturated heterocycles. The van der Waals surface area contributed by atoms with Crippen molar-refractivity contribution in [3.63, 3.8) is 0 Å². The van der Waals surface area contributed by atoms with Gasteiger partial charge in [-0.3, -0.25) is 9.59 Å². The molecule has 0 aliphatic carbocycles. The van der Waals surface area contributed by atoms with Crippen molar-refractivity contribution >= 4 is 23.3 Å². The van der Waals surface area contributed by atoms with Crippen molar-refractivity contribution in [3.8, 4) is 11.5 Å². The van der Waals surface area contributed by atoms with Crippen molar-refractivity contribution in [2.24, 2.45) is 0 Å². The number of carbonyl (C=O) groups is 2. The summed E-state index contributed by atoms with van der Waals surface area (Å²) in [6.45, 7) is 3.58. The van der Waals surface area contributed by atoms with Gasteiger partial charge in [0.05, 0.1) is 0 Å². The highest BCUT2D eigenvalue weighted by molar-refractivity contribution is 5.94. The van der Waals surface area contributed by atoms with Crippen LogP contribution in [0.5, 0.6) is 11.5 Å². The van der Waals surface area contributed by atoms with E-state index in [1.54, 1.807) is 31.2 Å². The first kappa shape index (κ1) is 15.9. The SMILES string of the molecule is CC(=O)N(CCC(=O)Nc1cc(C)on1)c1ccc2c(c1)OCO2. The lowest BCUT2D eigenvalue weighted by molar-refractivity contribution is -0.117. The van der Waals surface area contributed by atoms with Crippen molar-refractivity contribution in [1.82, 2.24) is 5.16 Å². The summed E-state index contributed by atoms with van der Waals surface area (Å²) >= 11 is 0. The van der Waals surface area contributed by atoms with Crippen molar-refractivity contribution < 1.29 is 23.6 Å². The van der Waals surface area contributed by atoms with Crippen LogP contribution in [0.1, 0.15) is 19.1 Å². The van der Waals surface area contributed by atoms with Gasteiger partial charge in [-0.15, -0.1) is 0 Å². The molecule has 24 heavy (non-hydrogen) atoms. The second kappa shape index (κ2) is 6.61. The third kappa shape index (κ3) is 3.48. The predicted octanol–water partition coefficient (Wildman–Crippen LogP) is 2.09. The number of fused-ring (bicyclic) bond motifs is 1. The molecule has 8 heteroatoms. The third-order valence-electron chi connectivity index (χ3n) is 3.51. The first-order valence-corrected chi connectivity index (χ1v) is 7.44. The fourth-order valence-corrected chi connectivity index (χ4v) is 2.37. The van der Waals surface area contributed by atoms with Crippen LogP contribution in [-0.2, 0) is 9.59 Å². The standard InChI is InChI=1S/C16H17N3O5/c1-10-7-15(18-24-10)17-16(21)5-6-19(11(2)20)12-3-4-13-14(8-12)23-9-22-13/h3-4,7-8H,5-6,9H2,1-2H3,(H,17,18,21). The lowest BCUT2D eigenvalue weighted by Crippen LogP contribution is -2.31. The molecule has 126 valence electrons. The molecular weight excluding hydrogens is 314 g/mol. The molecule has 3 rings (SSSR count). The molecule has 1 aromatic heterocycles. The number of nitrogens with zero attached hydrogens (tertiary/aromatic N) is 2. The molecule has 0 bridgehead atoms. The van der Waals surface area contributed by atoms with Crippen LogP contribution in [0, 0.1) is 6.92 Å². The van der Waals surface area contributed by atoms with Gasteiger partial charge in [-0.05, 0) is 19.1 Å². The number of ether oxygens (including phenoxy) is 2. The third-order valence-corrected chi connectivity index (χ3v) is 3.51. The van der Waals surface area contributed by atoms with Crippen LogP contribution in [0.4, 0.5) is 11.5 Å². The highest BCUT2D eigenvalue weighted by Crippen LogP contribution is 2.35. The second-order valence-corrected chi connectivity index (χ2v) is 5.33. The molecule has 0 spiro atoms. The molecule has 2 heterocycles. The second-order valence-electron chi connectivity index (χ2n) is 5.33. The Balaban J connectivity index is 1.64. The maximum atomic E-state index is 12.0. The van der Waals surface area contributed by atoms with Crippen LogP contribution in [0.15, 0.2) is 28.8 Å². The average molecular weight is 331 g/mol. The van der Waals surface area contributed by atoms with Gasteiger partial charge in [0.1, 0.15) is 5.76 Å². The summed E-state index contributed by atoms with van der Waals surface area (Å²) in [7, 11) is 0. The Hall–Kier alpha value is -3.03. The van der Waals surface area contributed by atoms with Crippen LogP contribution >= 0.6 is 0 Å². The molecule has 0 saturated carbocycles. The van der Waals surface area contributed by atoms with Gasteiger partial charge in [0.2, 0.25) is 18.6 Å². The van der Waals surface area contributed by atoms with Gasteiger partial charge >= 0.3 is 0 Å². The van der Waals surface area contributed by atoms with Crippen LogP contribution in [0.25, 0.3) is 0 Å². The molecule has 0 unspecified atom stereocenters. The van der Waals surface area contributed by atoms with E-state index in [-0.39, 0.29) is 31.6 Å². The fourth-order valence-electron chi connectivity index (χ4n) is 2.37. The number of benzene rings is 1. The molecule has 0 atom stereocenters. The van der Waals surface area contributed by atoms with Crippen molar-refractivity contribution in [1.29, 1.82) is 0 Å². The van der Waals surface area contributed by atoms with Crippen LogP contribution < -0.4 is 19.7 Å². The topological polar surface area (TPSA) is 93.9 Å². The Morgan fingerprint density at radius 1 is 1.25 bits per heavy atom. The zero-order valence-electron chi connectivity index (χ0n) is 13.4. The lowest BCUT2D eigenvalue weighted by atomic mass is 10.2. The summed E-state index contributed by atoms with van der Waals surface area (Å²) in [5, 5.41) is 6.32. The molecule has 1 aliphatic rings. The Morgan fingerprint density at radius 2 is 2.04 bits per heavy atom. The van der Waals surface area contributed by atoms with E-state index in [2.05, 4.69) is 10.5 Å². The Bertz CT molecular complexity index is 771. The van der Waals surface area contributed by atoms with Gasteiger partial charge in [-0.2, -0.15) is 0 Å². The molecule has 2 aromatic rings. The first-order chi connectivity index (χ1) is 11.5. The van der Waals surface area contributed by atoms with E-state index in [1.807, 2.05) is 0 Å². The van der Waals surface area contributed by atoms with Gasteiger partial charge in [0, 0.05) is 37.7 Å². The van der Waals surface area contributed by atoms with Crippen LogP contribution in [-0.4, -0.2) is 30.3 Å². The number of hydrogen-bond donors (Lipinski definition) is 1. The molecule has 1 aromatic carbocycles. The summed E-state index contributed by atoms with van der Waals surface area (Å²) in [6, 6.07) is 6.85. The van der Waals surface area contributed by atoms with Crippen molar-refractivity contribution in [3.05, 3.63) is 30.0 Å². The van der Waals surface area contributed by atoms with Gasteiger partial charge in [-0.1, -0.05) is 5.16 Å². The number of nitrogens with one attached hydrogen (secondary N) is 1. The summed E-state index contributed by atoms with van der Waals surface area (Å²) < 4.78 is 15.5. The van der Waals surface area contributed by atoms with E-state index in [1.165, 1.54) is 11.8 Å². The fraction of sp³-hybridized carbons (Fsp3) is 0.312. The van der Waals surface area contributed by atoms with E-state index < -0.39 is 0 Å². The van der Waals surface area contributed by atoms with E-state index in [9.17, 15) is 9.59 Å². The molecule has 0 fully saturated rings.